The molecule has 3 aromatic rings. The molecule has 134 valence electrons. The second kappa shape index (κ2) is 7.08. The SMILES string of the molecule is O=C(CCN1C(=O)c2ccccc2C1=O)Nc1nc(-c2ccccn2)cs1. The van der Waals surface area contributed by atoms with E-state index in [0.717, 1.165) is 10.6 Å². The predicted molar refractivity (Wildman–Crippen MR) is 100 cm³/mol. The molecule has 0 fully saturated rings. The van der Waals surface area contributed by atoms with E-state index in [1.165, 1.54) is 11.3 Å². The van der Waals surface area contributed by atoms with E-state index in [1.807, 2.05) is 23.6 Å². The first-order valence-electron chi connectivity index (χ1n) is 8.25. The minimum atomic E-state index is -0.366. The molecule has 1 N–H and O–H groups in total. The zero-order chi connectivity index (χ0) is 18.8. The van der Waals surface area contributed by atoms with Crippen molar-refractivity contribution in [1.29, 1.82) is 0 Å². The molecule has 0 unspecified atom stereocenters. The zero-order valence-corrected chi connectivity index (χ0v) is 14.9. The van der Waals surface area contributed by atoms with Crippen molar-refractivity contribution in [3.8, 4) is 11.4 Å². The first kappa shape index (κ1) is 17.0. The summed E-state index contributed by atoms with van der Waals surface area (Å²) in [5.41, 5.74) is 2.15. The Kier molecular flexibility index (Phi) is 4.47. The maximum atomic E-state index is 12.3. The van der Waals surface area contributed by atoms with Crippen molar-refractivity contribution in [3.63, 3.8) is 0 Å². The standard InChI is InChI=1S/C19H14N4O3S/c24-16(22-19-21-15(11-27-19)14-7-3-4-9-20-14)8-10-23-17(25)12-5-1-2-6-13(12)18(23)26/h1-7,9,11H,8,10H2,(H,21,22,24). The first-order valence-corrected chi connectivity index (χ1v) is 9.13. The van der Waals surface area contributed by atoms with Crippen LogP contribution in [0.1, 0.15) is 27.1 Å². The van der Waals surface area contributed by atoms with Gasteiger partial charge in [0, 0.05) is 24.5 Å². The number of nitrogens with one attached hydrogen (secondary N) is 1. The molecule has 0 atom stereocenters. The quantitative estimate of drug-likeness (QED) is 0.689. The Bertz CT molecular complexity index is 997. The monoisotopic (exact) mass is 378 g/mol. The number of hydrogen-bond donors (Lipinski definition) is 1. The van der Waals surface area contributed by atoms with Gasteiger partial charge in [-0.15, -0.1) is 11.3 Å². The van der Waals surface area contributed by atoms with Gasteiger partial charge in [-0.2, -0.15) is 0 Å². The van der Waals surface area contributed by atoms with E-state index in [-0.39, 0.29) is 30.7 Å². The number of anilines is 1. The smallest absolute Gasteiger partial charge is 0.261 e. The molecule has 1 aromatic carbocycles. The number of nitrogens with zero attached hydrogens (tertiary/aromatic N) is 3. The molecule has 0 bridgehead atoms. The minimum absolute atomic E-state index is 0.00394. The van der Waals surface area contributed by atoms with Crippen LogP contribution < -0.4 is 5.32 Å². The summed E-state index contributed by atoms with van der Waals surface area (Å²) in [4.78, 5) is 46.4. The highest BCUT2D eigenvalue weighted by Gasteiger charge is 2.34. The summed E-state index contributed by atoms with van der Waals surface area (Å²) in [7, 11) is 0. The molecular weight excluding hydrogens is 364 g/mol. The van der Waals surface area contributed by atoms with Crippen LogP contribution >= 0.6 is 11.3 Å². The molecule has 0 radical (unpaired) electrons. The summed E-state index contributed by atoms with van der Waals surface area (Å²) < 4.78 is 0. The number of carbonyl (C=O) groups is 3. The van der Waals surface area contributed by atoms with Gasteiger partial charge in [0.05, 0.1) is 16.8 Å². The maximum Gasteiger partial charge on any atom is 0.261 e. The minimum Gasteiger partial charge on any atom is -0.302 e. The third-order valence-corrected chi connectivity index (χ3v) is 4.88. The van der Waals surface area contributed by atoms with Crippen LogP contribution in [-0.2, 0) is 4.79 Å². The molecular formula is C19H14N4O3S. The lowest BCUT2D eigenvalue weighted by Gasteiger charge is -2.12. The van der Waals surface area contributed by atoms with Crippen LogP contribution in [0.2, 0.25) is 0 Å². The van der Waals surface area contributed by atoms with Gasteiger partial charge in [0.2, 0.25) is 5.91 Å². The normalized spacial score (nSPS) is 13.0. The number of thiazole rings is 1. The van der Waals surface area contributed by atoms with E-state index in [2.05, 4.69) is 15.3 Å². The van der Waals surface area contributed by atoms with Crippen molar-refractivity contribution in [2.24, 2.45) is 0 Å². The molecule has 1 aliphatic rings. The first-order chi connectivity index (χ1) is 13.1. The lowest BCUT2D eigenvalue weighted by molar-refractivity contribution is -0.116. The Balaban J connectivity index is 1.37. The Morgan fingerprint density at radius 1 is 1.00 bits per heavy atom. The highest BCUT2D eigenvalue weighted by Crippen LogP contribution is 2.24. The number of hydrogen-bond acceptors (Lipinski definition) is 6. The Hall–Kier alpha value is -3.39. The highest BCUT2D eigenvalue weighted by molar-refractivity contribution is 7.14. The van der Waals surface area contributed by atoms with E-state index in [1.54, 1.807) is 30.5 Å². The van der Waals surface area contributed by atoms with Crippen molar-refractivity contribution >= 4 is 34.2 Å². The van der Waals surface area contributed by atoms with Gasteiger partial charge in [0.15, 0.2) is 5.13 Å². The molecule has 3 amide bonds. The summed E-state index contributed by atoms with van der Waals surface area (Å²) in [5, 5.41) is 4.95. The average Bonchev–Trinajstić information content (AvgIpc) is 3.25. The Morgan fingerprint density at radius 3 is 2.37 bits per heavy atom. The molecule has 1 aliphatic heterocycles. The molecule has 0 spiro atoms. The van der Waals surface area contributed by atoms with E-state index < -0.39 is 0 Å². The number of imide groups is 1. The van der Waals surface area contributed by atoms with Crippen molar-refractivity contribution in [2.45, 2.75) is 6.42 Å². The van der Waals surface area contributed by atoms with Crippen LogP contribution in [-0.4, -0.2) is 39.1 Å². The Labute approximate surface area is 158 Å². The van der Waals surface area contributed by atoms with Crippen LogP contribution in [0.15, 0.2) is 54.0 Å². The summed E-state index contributed by atoms with van der Waals surface area (Å²) in [6.45, 7) is 0.0245. The van der Waals surface area contributed by atoms with Gasteiger partial charge in [0.1, 0.15) is 5.69 Å². The fourth-order valence-electron chi connectivity index (χ4n) is 2.80. The number of aromatic nitrogens is 2. The fraction of sp³-hybridized carbons (Fsp3) is 0.105. The van der Waals surface area contributed by atoms with Crippen LogP contribution in [0.5, 0.6) is 0 Å². The molecule has 0 saturated heterocycles. The third-order valence-electron chi connectivity index (χ3n) is 4.12. The Morgan fingerprint density at radius 2 is 1.70 bits per heavy atom. The number of benzene rings is 1. The second-order valence-corrected chi connectivity index (χ2v) is 6.72. The molecule has 0 saturated carbocycles. The van der Waals surface area contributed by atoms with E-state index in [4.69, 9.17) is 0 Å². The van der Waals surface area contributed by atoms with Gasteiger partial charge >= 0.3 is 0 Å². The maximum absolute atomic E-state index is 12.3. The largest absolute Gasteiger partial charge is 0.302 e. The number of rotatable bonds is 5. The molecule has 7 nitrogen and oxygen atoms in total. The van der Waals surface area contributed by atoms with Crippen molar-refractivity contribution in [2.75, 3.05) is 11.9 Å². The van der Waals surface area contributed by atoms with E-state index in [9.17, 15) is 14.4 Å². The average molecular weight is 378 g/mol. The zero-order valence-electron chi connectivity index (χ0n) is 14.1. The lowest BCUT2D eigenvalue weighted by atomic mass is 10.1. The fourth-order valence-corrected chi connectivity index (χ4v) is 3.52. The van der Waals surface area contributed by atoms with Crippen LogP contribution in [0.4, 0.5) is 5.13 Å². The molecule has 4 rings (SSSR count). The van der Waals surface area contributed by atoms with Gasteiger partial charge in [-0.25, -0.2) is 4.98 Å². The summed E-state index contributed by atoms with van der Waals surface area (Å²) >= 11 is 1.29. The van der Waals surface area contributed by atoms with Gasteiger partial charge in [-0.1, -0.05) is 18.2 Å². The molecule has 3 heterocycles. The van der Waals surface area contributed by atoms with Gasteiger partial charge in [0.25, 0.3) is 11.8 Å². The van der Waals surface area contributed by atoms with Gasteiger partial charge in [-0.3, -0.25) is 24.3 Å². The van der Waals surface area contributed by atoms with E-state index >= 15 is 0 Å². The number of fused-ring (bicyclic) bond motifs is 1. The van der Waals surface area contributed by atoms with Crippen LogP contribution in [0.25, 0.3) is 11.4 Å². The van der Waals surface area contributed by atoms with Crippen LogP contribution in [0, 0.1) is 0 Å². The summed E-state index contributed by atoms with van der Waals surface area (Å²) in [6, 6.07) is 12.2. The second-order valence-electron chi connectivity index (χ2n) is 5.86. The van der Waals surface area contributed by atoms with Crippen molar-refractivity contribution in [1.82, 2.24) is 14.9 Å². The number of amides is 3. The number of carbonyl (C=O) groups excluding carboxylic acids is 3. The summed E-state index contributed by atoms with van der Waals surface area (Å²) in [5.74, 6) is -1.04. The molecule has 27 heavy (non-hydrogen) atoms. The number of pyridine rings is 1. The predicted octanol–water partition coefficient (Wildman–Crippen LogP) is 2.83. The van der Waals surface area contributed by atoms with Gasteiger partial charge in [-0.05, 0) is 24.3 Å². The topological polar surface area (TPSA) is 92.3 Å². The van der Waals surface area contributed by atoms with Crippen molar-refractivity contribution < 1.29 is 14.4 Å². The summed E-state index contributed by atoms with van der Waals surface area (Å²) in [6.07, 6.45) is 1.68. The van der Waals surface area contributed by atoms with Crippen LogP contribution in [0.3, 0.4) is 0 Å². The molecule has 2 aromatic heterocycles. The van der Waals surface area contributed by atoms with E-state index in [0.29, 0.717) is 22.0 Å². The van der Waals surface area contributed by atoms with Gasteiger partial charge < -0.3 is 5.32 Å². The third kappa shape index (κ3) is 3.34. The molecule has 8 heteroatoms. The highest BCUT2D eigenvalue weighted by atomic mass is 32.1. The molecule has 0 aliphatic carbocycles. The van der Waals surface area contributed by atoms with Crippen molar-refractivity contribution in [3.05, 3.63) is 65.2 Å². The lowest BCUT2D eigenvalue weighted by Crippen LogP contribution is -2.32.